The average molecular weight is 321 g/mol. The van der Waals surface area contributed by atoms with Gasteiger partial charge in [0.05, 0.1) is 15.6 Å². The fourth-order valence-electron chi connectivity index (χ4n) is 2.40. The third-order valence-corrected chi connectivity index (χ3v) is 5.14. The number of aryl methyl sites for hydroxylation is 1. The molecule has 0 spiro atoms. The van der Waals surface area contributed by atoms with Gasteiger partial charge in [0, 0.05) is 11.8 Å². The van der Waals surface area contributed by atoms with E-state index in [4.69, 9.17) is 0 Å². The first kappa shape index (κ1) is 14.3. The summed E-state index contributed by atoms with van der Waals surface area (Å²) < 4.78 is 0. The van der Waals surface area contributed by atoms with Gasteiger partial charge in [0.1, 0.15) is 5.69 Å². The predicted octanol–water partition coefficient (Wildman–Crippen LogP) is 3.32. The van der Waals surface area contributed by atoms with Crippen LogP contribution in [0.15, 0.2) is 5.38 Å². The number of fused-ring (bicyclic) bond motifs is 1. The summed E-state index contributed by atoms with van der Waals surface area (Å²) in [5.74, 6) is -0.166. The molecule has 2 aromatic rings. The lowest BCUT2D eigenvalue weighted by Gasteiger charge is -2.26. The van der Waals surface area contributed by atoms with E-state index in [2.05, 4.69) is 29.1 Å². The first-order valence-electron chi connectivity index (χ1n) is 6.60. The van der Waals surface area contributed by atoms with E-state index in [1.807, 2.05) is 6.92 Å². The lowest BCUT2D eigenvalue weighted by atomic mass is 9.78. The number of nitrogens with zero attached hydrogens (tertiary/aromatic N) is 2. The smallest absolute Gasteiger partial charge is 0.276 e. The van der Waals surface area contributed by atoms with Crippen LogP contribution in [-0.2, 0) is 6.42 Å². The van der Waals surface area contributed by atoms with Crippen LogP contribution in [0.3, 0.4) is 0 Å². The Morgan fingerprint density at radius 2 is 2.10 bits per heavy atom. The highest BCUT2D eigenvalue weighted by atomic mass is 32.1. The Balaban J connectivity index is 1.82. The standard InChI is InChI=1S/C14H15N3O2S2/c1-7-15-9(6-20-7)12(19)17-13-16-8-4-14(2,3)5-10(18)11(8)21-13/h6H,4-5H2,1-3H3,(H,16,17,19). The number of carbonyl (C=O) groups excluding carboxylic acids is 2. The van der Waals surface area contributed by atoms with Crippen molar-refractivity contribution in [3.05, 3.63) is 26.7 Å². The number of amides is 1. The maximum atomic E-state index is 12.1. The van der Waals surface area contributed by atoms with Crippen LogP contribution in [0, 0.1) is 12.3 Å². The maximum Gasteiger partial charge on any atom is 0.276 e. The van der Waals surface area contributed by atoms with Gasteiger partial charge >= 0.3 is 0 Å². The highest BCUT2D eigenvalue weighted by Crippen LogP contribution is 2.38. The summed E-state index contributed by atoms with van der Waals surface area (Å²) in [5.41, 5.74) is 1.12. The van der Waals surface area contributed by atoms with E-state index in [0.29, 0.717) is 22.1 Å². The molecule has 110 valence electrons. The van der Waals surface area contributed by atoms with Crippen LogP contribution in [0.4, 0.5) is 5.13 Å². The van der Waals surface area contributed by atoms with Crippen molar-refractivity contribution in [2.75, 3.05) is 5.32 Å². The zero-order valence-electron chi connectivity index (χ0n) is 12.0. The molecule has 0 fully saturated rings. The number of aromatic nitrogens is 2. The lowest BCUT2D eigenvalue weighted by molar-refractivity contribution is 0.0915. The van der Waals surface area contributed by atoms with E-state index >= 15 is 0 Å². The van der Waals surface area contributed by atoms with Gasteiger partial charge in [0.2, 0.25) is 0 Å². The fraction of sp³-hybridized carbons (Fsp3) is 0.429. The maximum absolute atomic E-state index is 12.1. The summed E-state index contributed by atoms with van der Waals surface area (Å²) in [6.45, 7) is 5.97. The van der Waals surface area contributed by atoms with Gasteiger partial charge in [-0.2, -0.15) is 0 Å². The molecule has 7 heteroatoms. The Labute approximate surface area is 130 Å². The number of rotatable bonds is 2. The molecule has 0 radical (unpaired) electrons. The van der Waals surface area contributed by atoms with Crippen LogP contribution < -0.4 is 5.32 Å². The number of ketones is 1. The topological polar surface area (TPSA) is 72.0 Å². The number of anilines is 1. The van der Waals surface area contributed by atoms with Gasteiger partial charge in [-0.3, -0.25) is 14.9 Å². The monoisotopic (exact) mass is 321 g/mol. The van der Waals surface area contributed by atoms with Gasteiger partial charge in [-0.15, -0.1) is 11.3 Å². The van der Waals surface area contributed by atoms with E-state index in [1.165, 1.54) is 22.7 Å². The number of thiazole rings is 2. The Kier molecular flexibility index (Phi) is 3.41. The zero-order chi connectivity index (χ0) is 15.2. The Bertz CT molecular complexity index is 730. The van der Waals surface area contributed by atoms with E-state index < -0.39 is 0 Å². The van der Waals surface area contributed by atoms with Gasteiger partial charge in [0.15, 0.2) is 10.9 Å². The summed E-state index contributed by atoms with van der Waals surface area (Å²) in [7, 11) is 0. The van der Waals surface area contributed by atoms with Crippen molar-refractivity contribution >= 4 is 39.5 Å². The second-order valence-corrected chi connectivity index (χ2v) is 8.00. The molecule has 1 amide bonds. The van der Waals surface area contributed by atoms with Gasteiger partial charge in [-0.1, -0.05) is 25.2 Å². The molecule has 1 aliphatic carbocycles. The quantitative estimate of drug-likeness (QED) is 0.921. The molecule has 1 N–H and O–H groups in total. The van der Waals surface area contributed by atoms with Crippen molar-refractivity contribution in [1.29, 1.82) is 0 Å². The number of hydrogen-bond acceptors (Lipinski definition) is 6. The van der Waals surface area contributed by atoms with Crippen LogP contribution >= 0.6 is 22.7 Å². The Morgan fingerprint density at radius 3 is 2.76 bits per heavy atom. The zero-order valence-corrected chi connectivity index (χ0v) is 13.7. The highest BCUT2D eigenvalue weighted by molar-refractivity contribution is 7.17. The average Bonchev–Trinajstić information content (AvgIpc) is 2.94. The SMILES string of the molecule is Cc1nc(C(=O)Nc2nc3c(s2)C(=O)CC(C)(C)C3)cs1. The Hall–Kier alpha value is -1.60. The van der Waals surface area contributed by atoms with E-state index in [-0.39, 0.29) is 17.1 Å². The summed E-state index contributed by atoms with van der Waals surface area (Å²) in [6, 6.07) is 0. The van der Waals surface area contributed by atoms with Crippen LogP contribution in [-0.4, -0.2) is 21.7 Å². The third kappa shape index (κ3) is 2.89. The minimum atomic E-state index is -0.280. The second-order valence-electron chi connectivity index (χ2n) is 5.94. The fourth-order valence-corrected chi connectivity index (χ4v) is 3.91. The number of nitrogens with one attached hydrogen (secondary N) is 1. The van der Waals surface area contributed by atoms with Crippen molar-refractivity contribution < 1.29 is 9.59 Å². The molecular formula is C14H15N3O2S2. The summed E-state index contributed by atoms with van der Waals surface area (Å²) in [6.07, 6.45) is 1.29. The third-order valence-electron chi connectivity index (χ3n) is 3.31. The largest absolute Gasteiger partial charge is 0.296 e. The second kappa shape index (κ2) is 4.99. The van der Waals surface area contributed by atoms with Crippen molar-refractivity contribution in [3.63, 3.8) is 0 Å². The number of carbonyl (C=O) groups is 2. The summed E-state index contributed by atoms with van der Waals surface area (Å²) in [4.78, 5) is 33.4. The molecule has 21 heavy (non-hydrogen) atoms. The molecular weight excluding hydrogens is 306 g/mol. The van der Waals surface area contributed by atoms with E-state index in [9.17, 15) is 9.59 Å². The van der Waals surface area contributed by atoms with Crippen molar-refractivity contribution in [1.82, 2.24) is 9.97 Å². The minimum absolute atomic E-state index is 0.0640. The lowest BCUT2D eigenvalue weighted by Crippen LogP contribution is -2.26. The van der Waals surface area contributed by atoms with Crippen LogP contribution in [0.25, 0.3) is 0 Å². The van der Waals surface area contributed by atoms with Crippen LogP contribution in [0.2, 0.25) is 0 Å². The normalized spacial score (nSPS) is 16.6. The van der Waals surface area contributed by atoms with Crippen molar-refractivity contribution in [2.45, 2.75) is 33.6 Å². The molecule has 0 aliphatic heterocycles. The molecule has 0 atom stereocenters. The highest BCUT2D eigenvalue weighted by Gasteiger charge is 2.34. The van der Waals surface area contributed by atoms with Crippen molar-refractivity contribution in [2.24, 2.45) is 5.41 Å². The molecule has 0 aromatic carbocycles. The summed E-state index contributed by atoms with van der Waals surface area (Å²) in [5, 5.41) is 5.77. The van der Waals surface area contributed by atoms with Crippen LogP contribution in [0.5, 0.6) is 0 Å². The number of hydrogen-bond donors (Lipinski definition) is 1. The molecule has 0 unspecified atom stereocenters. The first-order chi connectivity index (χ1) is 9.84. The molecule has 2 heterocycles. The van der Waals surface area contributed by atoms with E-state index in [0.717, 1.165) is 17.1 Å². The molecule has 0 saturated carbocycles. The predicted molar refractivity (Wildman–Crippen MR) is 83.4 cm³/mol. The first-order valence-corrected chi connectivity index (χ1v) is 8.30. The van der Waals surface area contributed by atoms with Gasteiger partial charge in [-0.05, 0) is 18.8 Å². The van der Waals surface area contributed by atoms with E-state index in [1.54, 1.807) is 5.38 Å². The molecule has 3 rings (SSSR count). The minimum Gasteiger partial charge on any atom is -0.296 e. The van der Waals surface area contributed by atoms with Gasteiger partial charge < -0.3 is 0 Å². The molecule has 2 aromatic heterocycles. The Morgan fingerprint density at radius 1 is 1.33 bits per heavy atom. The molecule has 0 bridgehead atoms. The molecule has 1 aliphatic rings. The van der Waals surface area contributed by atoms with Gasteiger partial charge in [-0.25, -0.2) is 9.97 Å². The van der Waals surface area contributed by atoms with Crippen molar-refractivity contribution in [3.8, 4) is 0 Å². The molecule has 0 saturated heterocycles. The summed E-state index contributed by atoms with van der Waals surface area (Å²) >= 11 is 2.68. The van der Waals surface area contributed by atoms with Gasteiger partial charge in [0.25, 0.3) is 5.91 Å². The van der Waals surface area contributed by atoms with Crippen LogP contribution in [0.1, 0.15) is 51.1 Å². The molecule has 5 nitrogen and oxygen atoms in total. The number of Topliss-reactive ketones (excluding diaryl/α,β-unsaturated/α-hetero) is 1.